The zero-order valence-electron chi connectivity index (χ0n) is 14.7. The third kappa shape index (κ3) is 4.44. The lowest BCUT2D eigenvalue weighted by molar-refractivity contribution is -0.134. The van der Waals surface area contributed by atoms with Gasteiger partial charge in [0.05, 0.1) is 7.11 Å². The van der Waals surface area contributed by atoms with Crippen LogP contribution in [-0.2, 0) is 16.1 Å². The van der Waals surface area contributed by atoms with Crippen LogP contribution in [0.5, 0.6) is 5.75 Å². The van der Waals surface area contributed by atoms with Gasteiger partial charge in [0.25, 0.3) is 0 Å². The minimum atomic E-state index is -0.383. The van der Waals surface area contributed by atoms with Crippen molar-refractivity contribution >= 4 is 24.2 Å². The van der Waals surface area contributed by atoms with E-state index in [1.165, 1.54) is 0 Å². The molecule has 2 N–H and O–H groups in total. The van der Waals surface area contributed by atoms with Crippen LogP contribution in [0.25, 0.3) is 0 Å². The SMILES string of the molecule is COc1ccc(CN2CCC(NC(=O)C(C)C3CNC3)C2=O)cc1.Cl. The Morgan fingerprint density at radius 2 is 2.04 bits per heavy atom. The van der Waals surface area contributed by atoms with Crippen molar-refractivity contribution in [1.82, 2.24) is 15.5 Å². The van der Waals surface area contributed by atoms with E-state index < -0.39 is 0 Å². The quantitative estimate of drug-likeness (QED) is 0.792. The normalized spacial score (nSPS) is 21.3. The van der Waals surface area contributed by atoms with Crippen LogP contribution in [0.15, 0.2) is 24.3 Å². The number of likely N-dealkylation sites (tertiary alicyclic amines) is 1. The average molecular weight is 368 g/mol. The first-order chi connectivity index (χ1) is 11.6. The molecule has 2 fully saturated rings. The van der Waals surface area contributed by atoms with E-state index in [0.29, 0.717) is 25.4 Å². The highest BCUT2D eigenvalue weighted by atomic mass is 35.5. The van der Waals surface area contributed by atoms with Gasteiger partial charge in [0.1, 0.15) is 11.8 Å². The van der Waals surface area contributed by atoms with Gasteiger partial charge in [-0.2, -0.15) is 0 Å². The van der Waals surface area contributed by atoms with Crippen LogP contribution in [0.3, 0.4) is 0 Å². The molecule has 138 valence electrons. The number of rotatable bonds is 6. The summed E-state index contributed by atoms with van der Waals surface area (Å²) in [5.41, 5.74) is 1.06. The van der Waals surface area contributed by atoms with Crippen molar-refractivity contribution in [2.45, 2.75) is 25.9 Å². The van der Waals surface area contributed by atoms with Gasteiger partial charge in [0.2, 0.25) is 11.8 Å². The Hall–Kier alpha value is -1.79. The molecule has 1 aromatic rings. The van der Waals surface area contributed by atoms with Gasteiger partial charge >= 0.3 is 0 Å². The van der Waals surface area contributed by atoms with Gasteiger partial charge in [-0.25, -0.2) is 0 Å². The summed E-state index contributed by atoms with van der Waals surface area (Å²) in [5.74, 6) is 1.15. The maximum absolute atomic E-state index is 12.5. The molecule has 6 nitrogen and oxygen atoms in total. The fraction of sp³-hybridized carbons (Fsp3) is 0.556. The monoisotopic (exact) mass is 367 g/mol. The first-order valence-electron chi connectivity index (χ1n) is 8.51. The smallest absolute Gasteiger partial charge is 0.245 e. The summed E-state index contributed by atoms with van der Waals surface area (Å²) >= 11 is 0. The molecule has 2 amide bonds. The lowest BCUT2D eigenvalue weighted by Crippen LogP contribution is -2.52. The van der Waals surface area contributed by atoms with Crippen LogP contribution in [-0.4, -0.2) is 49.5 Å². The van der Waals surface area contributed by atoms with Gasteiger partial charge in [-0.1, -0.05) is 19.1 Å². The summed E-state index contributed by atoms with van der Waals surface area (Å²) in [6, 6.07) is 7.33. The summed E-state index contributed by atoms with van der Waals surface area (Å²) in [4.78, 5) is 26.6. The van der Waals surface area contributed by atoms with Crippen LogP contribution < -0.4 is 15.4 Å². The molecule has 3 rings (SSSR count). The van der Waals surface area contributed by atoms with Gasteiger partial charge < -0.3 is 20.3 Å². The van der Waals surface area contributed by atoms with E-state index in [0.717, 1.165) is 24.4 Å². The number of nitrogens with one attached hydrogen (secondary N) is 2. The number of ether oxygens (including phenoxy) is 1. The van der Waals surface area contributed by atoms with E-state index in [9.17, 15) is 9.59 Å². The molecule has 0 spiro atoms. The largest absolute Gasteiger partial charge is 0.497 e. The molecule has 2 saturated heterocycles. The van der Waals surface area contributed by atoms with E-state index in [1.54, 1.807) is 7.11 Å². The van der Waals surface area contributed by atoms with Crippen molar-refractivity contribution in [3.8, 4) is 5.75 Å². The van der Waals surface area contributed by atoms with E-state index in [1.807, 2.05) is 36.1 Å². The van der Waals surface area contributed by atoms with Gasteiger partial charge in [0.15, 0.2) is 0 Å². The molecule has 1 aromatic carbocycles. The Labute approximate surface area is 154 Å². The highest BCUT2D eigenvalue weighted by Crippen LogP contribution is 2.20. The third-order valence-corrected chi connectivity index (χ3v) is 5.08. The van der Waals surface area contributed by atoms with Gasteiger partial charge in [-0.05, 0) is 43.1 Å². The van der Waals surface area contributed by atoms with Crippen molar-refractivity contribution < 1.29 is 14.3 Å². The topological polar surface area (TPSA) is 70.7 Å². The van der Waals surface area contributed by atoms with E-state index in [4.69, 9.17) is 4.74 Å². The first kappa shape index (κ1) is 19.5. The summed E-state index contributed by atoms with van der Waals surface area (Å²) < 4.78 is 5.14. The molecule has 2 aliphatic rings. The highest BCUT2D eigenvalue weighted by molar-refractivity contribution is 5.90. The Morgan fingerprint density at radius 1 is 1.36 bits per heavy atom. The Kier molecular flexibility index (Phi) is 6.67. The van der Waals surface area contributed by atoms with Crippen molar-refractivity contribution in [3.63, 3.8) is 0 Å². The lowest BCUT2D eigenvalue weighted by atomic mass is 9.88. The number of nitrogens with zero attached hydrogens (tertiary/aromatic N) is 1. The molecule has 2 aliphatic heterocycles. The number of amides is 2. The van der Waals surface area contributed by atoms with Crippen LogP contribution in [0.4, 0.5) is 0 Å². The second-order valence-electron chi connectivity index (χ2n) is 6.66. The molecule has 2 atom stereocenters. The number of carbonyl (C=O) groups is 2. The second kappa shape index (κ2) is 8.54. The van der Waals surface area contributed by atoms with Gasteiger partial charge in [-0.15, -0.1) is 12.4 Å². The zero-order chi connectivity index (χ0) is 17.1. The van der Waals surface area contributed by atoms with E-state index >= 15 is 0 Å². The molecular formula is C18H26ClN3O3. The highest BCUT2D eigenvalue weighted by Gasteiger charge is 2.35. The molecule has 0 bridgehead atoms. The molecule has 0 radical (unpaired) electrons. The maximum Gasteiger partial charge on any atom is 0.245 e. The van der Waals surface area contributed by atoms with Crippen LogP contribution >= 0.6 is 12.4 Å². The number of benzene rings is 1. The number of halogens is 1. The number of methoxy groups -OCH3 is 1. The first-order valence-corrected chi connectivity index (χ1v) is 8.51. The molecule has 0 aromatic heterocycles. The predicted octanol–water partition coefficient (Wildman–Crippen LogP) is 1.19. The Balaban J connectivity index is 0.00000225. The van der Waals surface area contributed by atoms with Crippen molar-refractivity contribution in [2.75, 3.05) is 26.7 Å². The Bertz CT molecular complexity index is 604. The standard InChI is InChI=1S/C18H25N3O3.ClH/c1-12(14-9-19-10-14)17(22)20-16-7-8-21(18(16)23)11-13-3-5-15(24-2)6-4-13;/h3-6,12,14,16,19H,7-11H2,1-2H3,(H,20,22);1H. The fourth-order valence-corrected chi connectivity index (χ4v) is 3.16. The van der Waals surface area contributed by atoms with Crippen LogP contribution in [0, 0.1) is 11.8 Å². The molecule has 0 aliphatic carbocycles. The minimum absolute atomic E-state index is 0. The van der Waals surface area contributed by atoms with Gasteiger partial charge in [0, 0.05) is 19.0 Å². The fourth-order valence-electron chi connectivity index (χ4n) is 3.16. The Morgan fingerprint density at radius 3 is 2.60 bits per heavy atom. The van der Waals surface area contributed by atoms with E-state index in [2.05, 4.69) is 10.6 Å². The maximum atomic E-state index is 12.5. The molecule has 2 heterocycles. The zero-order valence-corrected chi connectivity index (χ0v) is 15.5. The lowest BCUT2D eigenvalue weighted by Gasteiger charge is -2.32. The number of carbonyl (C=O) groups excluding carboxylic acids is 2. The summed E-state index contributed by atoms with van der Waals surface area (Å²) in [6.45, 7) is 4.95. The van der Waals surface area contributed by atoms with E-state index in [-0.39, 0.29) is 36.2 Å². The van der Waals surface area contributed by atoms with Crippen LogP contribution in [0.1, 0.15) is 18.9 Å². The molecule has 25 heavy (non-hydrogen) atoms. The average Bonchev–Trinajstić information content (AvgIpc) is 2.87. The predicted molar refractivity (Wildman–Crippen MR) is 97.7 cm³/mol. The molecule has 0 saturated carbocycles. The summed E-state index contributed by atoms with van der Waals surface area (Å²) in [6.07, 6.45) is 0.677. The third-order valence-electron chi connectivity index (χ3n) is 5.08. The van der Waals surface area contributed by atoms with Crippen LogP contribution in [0.2, 0.25) is 0 Å². The van der Waals surface area contributed by atoms with Gasteiger partial charge in [-0.3, -0.25) is 9.59 Å². The van der Waals surface area contributed by atoms with Crippen molar-refractivity contribution in [1.29, 1.82) is 0 Å². The minimum Gasteiger partial charge on any atom is -0.497 e. The molecule has 2 unspecified atom stereocenters. The number of hydrogen-bond donors (Lipinski definition) is 2. The second-order valence-corrected chi connectivity index (χ2v) is 6.66. The van der Waals surface area contributed by atoms with Crippen molar-refractivity contribution in [2.24, 2.45) is 11.8 Å². The molecule has 7 heteroatoms. The summed E-state index contributed by atoms with van der Waals surface area (Å²) in [5, 5.41) is 6.11. The molecular weight excluding hydrogens is 342 g/mol. The number of hydrogen-bond acceptors (Lipinski definition) is 4. The summed E-state index contributed by atoms with van der Waals surface area (Å²) in [7, 11) is 1.63. The van der Waals surface area contributed by atoms with Crippen molar-refractivity contribution in [3.05, 3.63) is 29.8 Å².